The minimum atomic E-state index is -0.221. The molecule has 122 valence electrons. The van der Waals surface area contributed by atoms with Gasteiger partial charge in [0.1, 0.15) is 5.82 Å². The molecular weight excluding hydrogens is 323 g/mol. The molecule has 0 atom stereocenters. The van der Waals surface area contributed by atoms with Crippen molar-refractivity contribution in [2.24, 2.45) is 0 Å². The van der Waals surface area contributed by atoms with Gasteiger partial charge in [0.15, 0.2) is 5.13 Å². The minimum absolute atomic E-state index is 0.221. The van der Waals surface area contributed by atoms with Crippen molar-refractivity contribution in [1.82, 2.24) is 9.97 Å². The SMILES string of the molecule is Fc1ccc(-c2csc(N3CCN(c4ccncc4)CC3)n2)cc1. The lowest BCUT2D eigenvalue weighted by atomic mass is 10.2. The summed E-state index contributed by atoms with van der Waals surface area (Å²) in [6.07, 6.45) is 3.66. The van der Waals surface area contributed by atoms with Crippen molar-refractivity contribution >= 4 is 22.2 Å². The number of pyridine rings is 1. The molecule has 6 heteroatoms. The Balaban J connectivity index is 1.44. The zero-order valence-corrected chi connectivity index (χ0v) is 13.9. The number of benzene rings is 1. The van der Waals surface area contributed by atoms with Crippen molar-refractivity contribution in [3.63, 3.8) is 0 Å². The number of hydrogen-bond acceptors (Lipinski definition) is 5. The van der Waals surface area contributed by atoms with Crippen molar-refractivity contribution in [2.75, 3.05) is 36.0 Å². The summed E-state index contributed by atoms with van der Waals surface area (Å²) >= 11 is 1.64. The first-order chi connectivity index (χ1) is 11.8. The number of anilines is 2. The van der Waals surface area contributed by atoms with Gasteiger partial charge >= 0.3 is 0 Å². The van der Waals surface area contributed by atoms with Crippen molar-refractivity contribution < 1.29 is 4.39 Å². The van der Waals surface area contributed by atoms with Gasteiger partial charge in [-0.15, -0.1) is 11.3 Å². The fourth-order valence-corrected chi connectivity index (χ4v) is 3.76. The van der Waals surface area contributed by atoms with Crippen molar-refractivity contribution in [2.45, 2.75) is 0 Å². The quantitative estimate of drug-likeness (QED) is 0.728. The van der Waals surface area contributed by atoms with E-state index in [1.807, 2.05) is 29.9 Å². The van der Waals surface area contributed by atoms with Crippen LogP contribution in [0, 0.1) is 5.82 Å². The number of hydrogen-bond donors (Lipinski definition) is 0. The monoisotopic (exact) mass is 340 g/mol. The van der Waals surface area contributed by atoms with Crippen LogP contribution in [0.15, 0.2) is 54.2 Å². The Morgan fingerprint density at radius 2 is 1.54 bits per heavy atom. The average molecular weight is 340 g/mol. The van der Waals surface area contributed by atoms with E-state index in [1.54, 1.807) is 23.5 Å². The molecule has 0 saturated carbocycles. The third-order valence-electron chi connectivity index (χ3n) is 4.21. The maximum absolute atomic E-state index is 13.0. The molecule has 24 heavy (non-hydrogen) atoms. The second-order valence-electron chi connectivity index (χ2n) is 5.70. The lowest BCUT2D eigenvalue weighted by Gasteiger charge is -2.35. The fourth-order valence-electron chi connectivity index (χ4n) is 2.87. The molecule has 0 amide bonds. The molecule has 0 spiro atoms. The Morgan fingerprint density at radius 3 is 2.25 bits per heavy atom. The fraction of sp³-hybridized carbons (Fsp3) is 0.222. The van der Waals surface area contributed by atoms with Gasteiger partial charge in [0.2, 0.25) is 0 Å². The molecule has 0 radical (unpaired) electrons. The van der Waals surface area contributed by atoms with Gasteiger partial charge in [0.05, 0.1) is 5.69 Å². The normalized spacial score (nSPS) is 14.9. The smallest absolute Gasteiger partial charge is 0.185 e. The first-order valence-corrected chi connectivity index (χ1v) is 8.79. The molecule has 1 aliphatic heterocycles. The van der Waals surface area contributed by atoms with Crippen molar-refractivity contribution in [3.8, 4) is 11.3 Å². The summed E-state index contributed by atoms with van der Waals surface area (Å²) in [5.41, 5.74) is 3.08. The van der Waals surface area contributed by atoms with Gasteiger partial charge < -0.3 is 9.80 Å². The summed E-state index contributed by atoms with van der Waals surface area (Å²) in [5.74, 6) is -0.221. The van der Waals surface area contributed by atoms with Crippen LogP contribution >= 0.6 is 11.3 Å². The Labute approximate surface area is 144 Å². The van der Waals surface area contributed by atoms with E-state index in [-0.39, 0.29) is 5.82 Å². The van der Waals surface area contributed by atoms with Crippen LogP contribution in [0.2, 0.25) is 0 Å². The molecule has 4 nitrogen and oxygen atoms in total. The maximum atomic E-state index is 13.0. The van der Waals surface area contributed by atoms with E-state index in [1.165, 1.54) is 17.8 Å². The lowest BCUT2D eigenvalue weighted by molar-refractivity contribution is 0.628. The number of halogens is 1. The van der Waals surface area contributed by atoms with Crippen LogP contribution in [0.25, 0.3) is 11.3 Å². The Hall–Kier alpha value is -2.47. The molecule has 0 unspecified atom stereocenters. The predicted molar refractivity (Wildman–Crippen MR) is 96.2 cm³/mol. The van der Waals surface area contributed by atoms with Gasteiger partial charge in [-0.05, 0) is 36.4 Å². The summed E-state index contributed by atoms with van der Waals surface area (Å²) in [6.45, 7) is 3.82. The maximum Gasteiger partial charge on any atom is 0.185 e. The molecule has 0 bridgehead atoms. The van der Waals surface area contributed by atoms with Crippen LogP contribution in [-0.4, -0.2) is 36.1 Å². The van der Waals surface area contributed by atoms with E-state index >= 15 is 0 Å². The van der Waals surface area contributed by atoms with E-state index in [2.05, 4.69) is 14.8 Å². The Kier molecular flexibility index (Phi) is 4.13. The van der Waals surface area contributed by atoms with Crippen LogP contribution in [-0.2, 0) is 0 Å². The van der Waals surface area contributed by atoms with Gasteiger partial charge in [-0.2, -0.15) is 0 Å². The predicted octanol–water partition coefficient (Wildman–Crippen LogP) is 3.67. The molecular formula is C18H17FN4S. The molecule has 0 N–H and O–H groups in total. The van der Waals surface area contributed by atoms with Gasteiger partial charge in [-0.3, -0.25) is 4.98 Å². The molecule has 1 fully saturated rings. The zero-order valence-electron chi connectivity index (χ0n) is 13.1. The van der Waals surface area contributed by atoms with E-state index in [0.29, 0.717) is 0 Å². The van der Waals surface area contributed by atoms with E-state index in [0.717, 1.165) is 42.6 Å². The highest BCUT2D eigenvalue weighted by Crippen LogP contribution is 2.28. The second-order valence-corrected chi connectivity index (χ2v) is 6.54. The van der Waals surface area contributed by atoms with Crippen molar-refractivity contribution in [3.05, 3.63) is 60.0 Å². The summed E-state index contributed by atoms with van der Waals surface area (Å²) in [6, 6.07) is 10.6. The summed E-state index contributed by atoms with van der Waals surface area (Å²) in [7, 11) is 0. The van der Waals surface area contributed by atoms with Crippen LogP contribution in [0.3, 0.4) is 0 Å². The van der Waals surface area contributed by atoms with Gasteiger partial charge in [-0.25, -0.2) is 9.37 Å². The Bertz CT molecular complexity index is 795. The highest BCUT2D eigenvalue weighted by molar-refractivity contribution is 7.14. The first-order valence-electron chi connectivity index (χ1n) is 7.91. The number of piperazine rings is 1. The van der Waals surface area contributed by atoms with Crippen molar-refractivity contribution in [1.29, 1.82) is 0 Å². The third-order valence-corrected chi connectivity index (χ3v) is 5.11. The molecule has 1 aliphatic rings. The molecule has 1 saturated heterocycles. The summed E-state index contributed by atoms with van der Waals surface area (Å²) in [4.78, 5) is 13.5. The third kappa shape index (κ3) is 3.10. The van der Waals surface area contributed by atoms with Gasteiger partial charge in [0.25, 0.3) is 0 Å². The molecule has 0 aliphatic carbocycles. The second kappa shape index (κ2) is 6.57. The molecule has 3 aromatic rings. The topological polar surface area (TPSA) is 32.3 Å². The molecule has 1 aromatic carbocycles. The van der Waals surface area contributed by atoms with E-state index in [9.17, 15) is 4.39 Å². The first kappa shape index (κ1) is 15.1. The molecule has 3 heterocycles. The molecule has 2 aromatic heterocycles. The highest BCUT2D eigenvalue weighted by Gasteiger charge is 2.19. The minimum Gasteiger partial charge on any atom is -0.368 e. The molecule has 4 rings (SSSR count). The van der Waals surface area contributed by atoms with Crippen LogP contribution < -0.4 is 9.80 Å². The van der Waals surface area contributed by atoms with E-state index < -0.39 is 0 Å². The van der Waals surface area contributed by atoms with Crippen LogP contribution in [0.1, 0.15) is 0 Å². The van der Waals surface area contributed by atoms with E-state index in [4.69, 9.17) is 4.98 Å². The zero-order chi connectivity index (χ0) is 16.4. The number of thiazole rings is 1. The number of nitrogens with zero attached hydrogens (tertiary/aromatic N) is 4. The number of aromatic nitrogens is 2. The lowest BCUT2D eigenvalue weighted by Crippen LogP contribution is -2.46. The summed E-state index contributed by atoms with van der Waals surface area (Å²) < 4.78 is 13.0. The highest BCUT2D eigenvalue weighted by atomic mass is 32.1. The van der Waals surface area contributed by atoms with Gasteiger partial charge in [0, 0.05) is 55.2 Å². The average Bonchev–Trinajstić information content (AvgIpc) is 3.13. The number of rotatable bonds is 3. The van der Waals surface area contributed by atoms with Crippen LogP contribution in [0.4, 0.5) is 15.2 Å². The Morgan fingerprint density at radius 1 is 0.875 bits per heavy atom. The largest absolute Gasteiger partial charge is 0.368 e. The van der Waals surface area contributed by atoms with Gasteiger partial charge in [-0.1, -0.05) is 0 Å². The van der Waals surface area contributed by atoms with Crippen LogP contribution in [0.5, 0.6) is 0 Å². The standard InChI is InChI=1S/C18H17FN4S/c19-15-3-1-14(2-4-15)17-13-24-18(21-17)23-11-9-22(10-12-23)16-5-7-20-8-6-16/h1-8,13H,9-12H2. The summed E-state index contributed by atoms with van der Waals surface area (Å²) in [5, 5.41) is 3.07.